The number of carbonyl (C=O) groups excluding carboxylic acids is 1. The van der Waals surface area contributed by atoms with Crippen LogP contribution in [0, 0.1) is 0 Å². The fraction of sp³-hybridized carbons (Fsp3) is 0.214. The Morgan fingerprint density at radius 1 is 1.06 bits per heavy atom. The summed E-state index contributed by atoms with van der Waals surface area (Å²) in [4.78, 5) is 17.5. The minimum Gasteiger partial charge on any atom is -0.491 e. The molecule has 0 bridgehead atoms. The minimum atomic E-state index is -0.235. The molecule has 33 heavy (non-hydrogen) atoms. The number of allylic oxidation sites excluding steroid dienone is 1. The van der Waals surface area contributed by atoms with E-state index >= 15 is 0 Å². The normalized spacial score (nSPS) is 11.8. The summed E-state index contributed by atoms with van der Waals surface area (Å²) in [6.45, 7) is 6.92. The van der Waals surface area contributed by atoms with Gasteiger partial charge in [-0.3, -0.25) is 4.79 Å². The number of rotatable bonds is 10. The molecule has 0 aliphatic heterocycles. The van der Waals surface area contributed by atoms with E-state index in [0.717, 1.165) is 40.2 Å². The van der Waals surface area contributed by atoms with Crippen LogP contribution in [-0.4, -0.2) is 22.1 Å². The SMILES string of the molecule is C=CCc1ccccc1OCCn1c(C(C)NC(=O)Cc2ccccc2)nc2ccccc21. The number of amides is 1. The van der Waals surface area contributed by atoms with Gasteiger partial charge in [-0.1, -0.05) is 66.7 Å². The number of nitrogens with one attached hydrogen (secondary N) is 1. The fourth-order valence-corrected chi connectivity index (χ4v) is 4.01. The Morgan fingerprint density at radius 2 is 1.79 bits per heavy atom. The molecule has 0 saturated carbocycles. The van der Waals surface area contributed by atoms with Crippen molar-refractivity contribution in [3.8, 4) is 5.75 Å². The number of carbonyl (C=O) groups is 1. The van der Waals surface area contributed by atoms with Crippen LogP contribution in [0.1, 0.15) is 29.9 Å². The molecule has 0 aliphatic rings. The molecule has 4 aromatic rings. The van der Waals surface area contributed by atoms with Gasteiger partial charge in [0.1, 0.15) is 18.2 Å². The molecule has 3 aromatic carbocycles. The quantitative estimate of drug-likeness (QED) is 0.343. The third-order valence-corrected chi connectivity index (χ3v) is 5.57. The molecular formula is C28H29N3O2. The molecule has 168 valence electrons. The second-order valence-electron chi connectivity index (χ2n) is 8.01. The van der Waals surface area contributed by atoms with Gasteiger partial charge in [0.25, 0.3) is 0 Å². The molecule has 4 rings (SSSR count). The molecule has 0 saturated heterocycles. The zero-order valence-corrected chi connectivity index (χ0v) is 18.9. The van der Waals surface area contributed by atoms with Gasteiger partial charge in [-0.15, -0.1) is 6.58 Å². The van der Waals surface area contributed by atoms with E-state index < -0.39 is 0 Å². The highest BCUT2D eigenvalue weighted by molar-refractivity contribution is 5.79. The van der Waals surface area contributed by atoms with Crippen molar-refractivity contribution in [2.45, 2.75) is 32.4 Å². The van der Waals surface area contributed by atoms with E-state index in [1.54, 1.807) is 0 Å². The number of benzene rings is 3. The average Bonchev–Trinajstić information content (AvgIpc) is 3.20. The number of imidazole rings is 1. The molecule has 1 N–H and O–H groups in total. The number of aromatic nitrogens is 2. The van der Waals surface area contributed by atoms with Crippen molar-refractivity contribution in [3.05, 3.63) is 108 Å². The maximum Gasteiger partial charge on any atom is 0.224 e. The first-order valence-electron chi connectivity index (χ1n) is 11.3. The van der Waals surface area contributed by atoms with Gasteiger partial charge in [0.05, 0.1) is 30.0 Å². The smallest absolute Gasteiger partial charge is 0.224 e. The maximum absolute atomic E-state index is 12.6. The lowest BCUT2D eigenvalue weighted by Gasteiger charge is -2.17. The van der Waals surface area contributed by atoms with E-state index in [9.17, 15) is 4.79 Å². The summed E-state index contributed by atoms with van der Waals surface area (Å²) < 4.78 is 8.26. The monoisotopic (exact) mass is 439 g/mol. The summed E-state index contributed by atoms with van der Waals surface area (Å²) in [6.07, 6.45) is 2.98. The first kappa shape index (κ1) is 22.3. The highest BCUT2D eigenvalue weighted by Crippen LogP contribution is 2.22. The molecule has 1 unspecified atom stereocenters. The van der Waals surface area contributed by atoms with E-state index in [-0.39, 0.29) is 11.9 Å². The average molecular weight is 440 g/mol. The van der Waals surface area contributed by atoms with Crippen molar-refractivity contribution < 1.29 is 9.53 Å². The molecule has 0 aliphatic carbocycles. The summed E-state index contributed by atoms with van der Waals surface area (Å²) in [5.41, 5.74) is 4.04. The van der Waals surface area contributed by atoms with Crippen molar-refractivity contribution in [1.29, 1.82) is 0 Å². The second kappa shape index (κ2) is 10.6. The predicted octanol–water partition coefficient (Wildman–Crippen LogP) is 5.26. The van der Waals surface area contributed by atoms with E-state index in [4.69, 9.17) is 9.72 Å². The standard InChI is InChI=1S/C28H29N3O2/c1-3-11-23-14-7-10-17-26(23)33-19-18-31-25-16-9-8-15-24(25)30-28(31)21(2)29-27(32)20-22-12-5-4-6-13-22/h3-10,12-17,21H,1,11,18-20H2,2H3,(H,29,32). The number of ether oxygens (including phenoxy) is 1. The van der Waals surface area contributed by atoms with E-state index in [1.165, 1.54) is 0 Å². The second-order valence-corrected chi connectivity index (χ2v) is 8.01. The molecule has 1 aromatic heterocycles. The van der Waals surface area contributed by atoms with Gasteiger partial charge < -0.3 is 14.6 Å². The topological polar surface area (TPSA) is 56.1 Å². The number of hydrogen-bond donors (Lipinski definition) is 1. The van der Waals surface area contributed by atoms with Crippen molar-refractivity contribution in [1.82, 2.24) is 14.9 Å². The molecule has 5 nitrogen and oxygen atoms in total. The van der Waals surface area contributed by atoms with Crippen LogP contribution in [0.15, 0.2) is 91.5 Å². The number of hydrogen-bond acceptors (Lipinski definition) is 3. The van der Waals surface area contributed by atoms with Crippen LogP contribution in [0.5, 0.6) is 5.75 Å². The summed E-state index contributed by atoms with van der Waals surface area (Å²) in [5.74, 6) is 1.66. The Kier molecular flexibility index (Phi) is 7.20. The van der Waals surface area contributed by atoms with E-state index in [2.05, 4.69) is 28.6 Å². The number of nitrogens with zero attached hydrogens (tertiary/aromatic N) is 2. The fourth-order valence-electron chi connectivity index (χ4n) is 4.01. The van der Waals surface area contributed by atoms with Gasteiger partial charge in [0.2, 0.25) is 5.91 Å². The minimum absolute atomic E-state index is 0.0260. The Labute approximate surface area is 194 Å². The molecule has 0 radical (unpaired) electrons. The zero-order chi connectivity index (χ0) is 23.0. The van der Waals surface area contributed by atoms with Gasteiger partial charge in [-0.05, 0) is 42.7 Å². The summed E-state index contributed by atoms with van der Waals surface area (Å²) in [5, 5.41) is 3.11. The molecule has 0 spiro atoms. The Hall–Kier alpha value is -3.86. The molecule has 5 heteroatoms. The molecule has 1 atom stereocenters. The summed E-state index contributed by atoms with van der Waals surface area (Å²) >= 11 is 0. The van der Waals surface area contributed by atoms with Gasteiger partial charge in [-0.2, -0.15) is 0 Å². The molecule has 0 fully saturated rings. The Balaban J connectivity index is 1.49. The lowest BCUT2D eigenvalue weighted by atomic mass is 10.1. The number of fused-ring (bicyclic) bond motifs is 1. The van der Waals surface area contributed by atoms with Crippen molar-refractivity contribution in [2.75, 3.05) is 6.61 Å². The zero-order valence-electron chi connectivity index (χ0n) is 18.9. The van der Waals surface area contributed by atoms with Crippen LogP contribution in [0.2, 0.25) is 0 Å². The molecule has 1 heterocycles. The van der Waals surface area contributed by atoms with Crippen LogP contribution in [0.4, 0.5) is 0 Å². The largest absolute Gasteiger partial charge is 0.491 e. The first-order valence-corrected chi connectivity index (χ1v) is 11.3. The van der Waals surface area contributed by atoms with Gasteiger partial charge >= 0.3 is 0 Å². The maximum atomic E-state index is 12.6. The van der Waals surface area contributed by atoms with Crippen molar-refractivity contribution in [3.63, 3.8) is 0 Å². The lowest BCUT2D eigenvalue weighted by molar-refractivity contribution is -0.121. The Morgan fingerprint density at radius 3 is 2.61 bits per heavy atom. The van der Waals surface area contributed by atoms with Crippen LogP contribution in [0.25, 0.3) is 11.0 Å². The Bertz CT molecular complexity index is 1230. The number of para-hydroxylation sites is 3. The van der Waals surface area contributed by atoms with E-state index in [1.807, 2.05) is 79.7 Å². The van der Waals surface area contributed by atoms with E-state index in [0.29, 0.717) is 19.6 Å². The predicted molar refractivity (Wildman–Crippen MR) is 132 cm³/mol. The summed E-state index contributed by atoms with van der Waals surface area (Å²) in [7, 11) is 0. The molecular weight excluding hydrogens is 410 g/mol. The van der Waals surface area contributed by atoms with Gasteiger partial charge in [-0.25, -0.2) is 4.98 Å². The van der Waals surface area contributed by atoms with Crippen LogP contribution >= 0.6 is 0 Å². The van der Waals surface area contributed by atoms with Crippen LogP contribution in [-0.2, 0) is 24.2 Å². The van der Waals surface area contributed by atoms with Gasteiger partial charge in [0.15, 0.2) is 0 Å². The van der Waals surface area contributed by atoms with Crippen molar-refractivity contribution in [2.24, 2.45) is 0 Å². The third kappa shape index (κ3) is 5.50. The highest BCUT2D eigenvalue weighted by atomic mass is 16.5. The molecule has 1 amide bonds. The first-order chi connectivity index (χ1) is 16.2. The van der Waals surface area contributed by atoms with Gasteiger partial charge in [0, 0.05) is 0 Å². The van der Waals surface area contributed by atoms with Crippen LogP contribution < -0.4 is 10.1 Å². The lowest BCUT2D eigenvalue weighted by Crippen LogP contribution is -2.30. The highest BCUT2D eigenvalue weighted by Gasteiger charge is 2.18. The third-order valence-electron chi connectivity index (χ3n) is 5.57. The van der Waals surface area contributed by atoms with Crippen molar-refractivity contribution >= 4 is 16.9 Å². The summed E-state index contributed by atoms with van der Waals surface area (Å²) in [6, 6.07) is 25.6. The van der Waals surface area contributed by atoms with Crippen LogP contribution in [0.3, 0.4) is 0 Å².